The van der Waals surface area contributed by atoms with E-state index in [0.29, 0.717) is 21.3 Å². The fourth-order valence-corrected chi connectivity index (χ4v) is 3.47. The summed E-state index contributed by atoms with van der Waals surface area (Å²) in [4.78, 5) is 24.0. The molecule has 2 rings (SSSR count). The van der Waals surface area contributed by atoms with E-state index in [4.69, 9.17) is 39.5 Å². The second-order valence-corrected chi connectivity index (χ2v) is 6.62. The van der Waals surface area contributed by atoms with E-state index in [1.807, 2.05) is 0 Å². The minimum Gasteiger partial charge on any atom is -0.452 e. The van der Waals surface area contributed by atoms with Crippen molar-refractivity contribution in [2.45, 2.75) is 6.92 Å². The van der Waals surface area contributed by atoms with Crippen LogP contribution >= 0.6 is 46.3 Å². The Morgan fingerprint density at radius 1 is 1.25 bits per heavy atom. The smallest absolute Gasteiger partial charge is 0.343 e. The van der Waals surface area contributed by atoms with Gasteiger partial charge in [-0.25, -0.2) is 4.79 Å². The number of esters is 1. The van der Waals surface area contributed by atoms with E-state index in [1.165, 1.54) is 12.1 Å². The number of halogens is 3. The van der Waals surface area contributed by atoms with Crippen molar-refractivity contribution in [2.75, 3.05) is 24.3 Å². The molecule has 2 aromatic rings. The zero-order valence-electron chi connectivity index (χ0n) is 12.6. The zero-order valence-corrected chi connectivity index (χ0v) is 15.7. The SMILES string of the molecule is CNc1snc(C)c1C(=O)OCC(=O)Nc1c(Cl)cc(Cl)cc1Cl. The molecule has 0 fully saturated rings. The van der Waals surface area contributed by atoms with Gasteiger partial charge in [-0.1, -0.05) is 34.8 Å². The Balaban J connectivity index is 2.01. The predicted octanol–water partition coefficient (Wildman–Crippen LogP) is 4.25. The number of nitrogens with one attached hydrogen (secondary N) is 2. The van der Waals surface area contributed by atoms with E-state index in [1.54, 1.807) is 14.0 Å². The maximum atomic E-state index is 12.1. The number of aromatic nitrogens is 1. The number of hydrogen-bond donors (Lipinski definition) is 2. The van der Waals surface area contributed by atoms with Crippen LogP contribution in [0.25, 0.3) is 0 Å². The summed E-state index contributed by atoms with van der Waals surface area (Å²) in [5.41, 5.74) is 1.03. The molecule has 0 aliphatic heterocycles. The molecule has 2 N–H and O–H groups in total. The molecule has 0 spiro atoms. The lowest BCUT2D eigenvalue weighted by molar-refractivity contribution is -0.119. The summed E-state index contributed by atoms with van der Waals surface area (Å²) in [7, 11) is 1.67. The molecule has 0 saturated carbocycles. The Morgan fingerprint density at radius 2 is 1.88 bits per heavy atom. The van der Waals surface area contributed by atoms with Crippen molar-refractivity contribution >= 4 is 68.9 Å². The highest BCUT2D eigenvalue weighted by Crippen LogP contribution is 2.33. The van der Waals surface area contributed by atoms with Gasteiger partial charge >= 0.3 is 5.97 Å². The number of rotatable bonds is 5. The van der Waals surface area contributed by atoms with E-state index in [9.17, 15) is 9.59 Å². The molecule has 0 aliphatic rings. The number of anilines is 2. The molecule has 1 heterocycles. The van der Waals surface area contributed by atoms with Gasteiger partial charge in [0.2, 0.25) is 0 Å². The number of carbonyl (C=O) groups is 2. The van der Waals surface area contributed by atoms with Crippen LogP contribution in [0, 0.1) is 6.92 Å². The van der Waals surface area contributed by atoms with Crippen molar-refractivity contribution in [2.24, 2.45) is 0 Å². The van der Waals surface area contributed by atoms with Gasteiger partial charge in [0, 0.05) is 12.1 Å². The Morgan fingerprint density at radius 3 is 2.46 bits per heavy atom. The van der Waals surface area contributed by atoms with E-state index >= 15 is 0 Å². The Bertz CT molecular complexity index is 772. The number of nitrogens with zero attached hydrogens (tertiary/aromatic N) is 1. The molecule has 0 unspecified atom stereocenters. The van der Waals surface area contributed by atoms with E-state index < -0.39 is 18.5 Å². The summed E-state index contributed by atoms with van der Waals surface area (Å²) in [6.45, 7) is 1.19. The highest BCUT2D eigenvalue weighted by molar-refractivity contribution is 7.10. The normalized spacial score (nSPS) is 10.4. The molecule has 1 aromatic heterocycles. The van der Waals surface area contributed by atoms with Crippen LogP contribution in [0.3, 0.4) is 0 Å². The molecule has 10 heteroatoms. The fraction of sp³-hybridized carbons (Fsp3) is 0.214. The molecule has 0 atom stereocenters. The second kappa shape index (κ2) is 8.02. The third-order valence-corrected chi connectivity index (χ3v) is 4.67. The van der Waals surface area contributed by atoms with Crippen LogP contribution < -0.4 is 10.6 Å². The number of carbonyl (C=O) groups excluding carboxylic acids is 2. The van der Waals surface area contributed by atoms with Crippen molar-refractivity contribution < 1.29 is 14.3 Å². The van der Waals surface area contributed by atoms with E-state index in [2.05, 4.69) is 15.0 Å². The maximum absolute atomic E-state index is 12.1. The van der Waals surface area contributed by atoms with E-state index in [-0.39, 0.29) is 15.7 Å². The highest BCUT2D eigenvalue weighted by Gasteiger charge is 2.20. The van der Waals surface area contributed by atoms with Crippen LogP contribution in [0.15, 0.2) is 12.1 Å². The zero-order chi connectivity index (χ0) is 17.9. The molecule has 1 aromatic carbocycles. The van der Waals surface area contributed by atoms with Crippen LogP contribution in [-0.2, 0) is 9.53 Å². The standard InChI is InChI=1S/C14H12Cl3N3O3S/c1-6-11(13(18-2)24-20-6)14(22)23-5-10(21)19-12-8(16)3-7(15)4-9(12)17/h3-4,18H,5H2,1-2H3,(H,19,21). The summed E-state index contributed by atoms with van der Waals surface area (Å²) in [6, 6.07) is 2.88. The largest absolute Gasteiger partial charge is 0.452 e. The molecule has 1 amide bonds. The van der Waals surface area contributed by atoms with Crippen molar-refractivity contribution in [3.63, 3.8) is 0 Å². The van der Waals surface area contributed by atoms with Gasteiger partial charge in [-0.05, 0) is 30.6 Å². The van der Waals surface area contributed by atoms with Crippen molar-refractivity contribution in [3.05, 3.63) is 38.5 Å². The molecule has 6 nitrogen and oxygen atoms in total. The third kappa shape index (κ3) is 4.30. The minimum atomic E-state index is -0.644. The van der Waals surface area contributed by atoms with Gasteiger partial charge in [-0.15, -0.1) is 0 Å². The first-order valence-electron chi connectivity index (χ1n) is 6.59. The molecular weight excluding hydrogens is 397 g/mol. The third-order valence-electron chi connectivity index (χ3n) is 2.90. The summed E-state index contributed by atoms with van der Waals surface area (Å²) in [5, 5.41) is 6.61. The van der Waals surface area contributed by atoms with Gasteiger partial charge in [0.15, 0.2) is 6.61 Å². The van der Waals surface area contributed by atoms with Gasteiger partial charge in [-0.3, -0.25) is 4.79 Å². The van der Waals surface area contributed by atoms with Gasteiger partial charge in [0.05, 0.1) is 21.4 Å². The number of aryl methyl sites for hydroxylation is 1. The predicted molar refractivity (Wildman–Crippen MR) is 96.8 cm³/mol. The fourth-order valence-electron chi connectivity index (χ4n) is 1.82. The number of hydrogen-bond acceptors (Lipinski definition) is 6. The molecule has 0 bridgehead atoms. The molecule has 0 saturated heterocycles. The van der Waals surface area contributed by atoms with Crippen LogP contribution in [-0.4, -0.2) is 29.9 Å². The Labute approximate surface area is 157 Å². The average Bonchev–Trinajstić information content (AvgIpc) is 2.89. The first-order valence-corrected chi connectivity index (χ1v) is 8.49. The lowest BCUT2D eigenvalue weighted by atomic mass is 10.2. The molecular formula is C14H12Cl3N3O3S. The lowest BCUT2D eigenvalue weighted by Gasteiger charge is -2.10. The van der Waals surface area contributed by atoms with Gasteiger partial charge in [0.25, 0.3) is 5.91 Å². The van der Waals surface area contributed by atoms with Crippen molar-refractivity contribution in [1.82, 2.24) is 4.37 Å². The molecule has 0 aliphatic carbocycles. The topological polar surface area (TPSA) is 80.3 Å². The molecule has 0 radical (unpaired) electrons. The van der Waals surface area contributed by atoms with Gasteiger partial charge in [-0.2, -0.15) is 4.37 Å². The molecule has 128 valence electrons. The van der Waals surface area contributed by atoms with Crippen LogP contribution in [0.4, 0.5) is 10.7 Å². The van der Waals surface area contributed by atoms with E-state index in [0.717, 1.165) is 11.5 Å². The number of amides is 1. The van der Waals surface area contributed by atoms with Gasteiger partial charge in [0.1, 0.15) is 10.6 Å². The summed E-state index contributed by atoms with van der Waals surface area (Å²) >= 11 is 18.9. The van der Waals surface area contributed by atoms with Crippen LogP contribution in [0.5, 0.6) is 0 Å². The number of ether oxygens (including phenoxy) is 1. The van der Waals surface area contributed by atoms with Crippen molar-refractivity contribution in [1.29, 1.82) is 0 Å². The summed E-state index contributed by atoms with van der Waals surface area (Å²) < 4.78 is 9.08. The maximum Gasteiger partial charge on any atom is 0.343 e. The summed E-state index contributed by atoms with van der Waals surface area (Å²) in [5.74, 6) is -1.23. The van der Waals surface area contributed by atoms with Crippen molar-refractivity contribution in [3.8, 4) is 0 Å². The Kier molecular flexibility index (Phi) is 6.28. The Hall–Kier alpha value is -1.54. The first-order chi connectivity index (χ1) is 11.3. The lowest BCUT2D eigenvalue weighted by Crippen LogP contribution is -2.21. The quantitative estimate of drug-likeness (QED) is 0.723. The second-order valence-electron chi connectivity index (χ2n) is 4.59. The first kappa shape index (κ1) is 18.8. The number of benzene rings is 1. The van der Waals surface area contributed by atoms with Crippen LogP contribution in [0.1, 0.15) is 16.1 Å². The average molecular weight is 409 g/mol. The minimum absolute atomic E-state index is 0.183. The highest BCUT2D eigenvalue weighted by atomic mass is 35.5. The van der Waals surface area contributed by atoms with Crippen LogP contribution in [0.2, 0.25) is 15.1 Å². The van der Waals surface area contributed by atoms with Gasteiger partial charge < -0.3 is 15.4 Å². The molecule has 24 heavy (non-hydrogen) atoms. The monoisotopic (exact) mass is 407 g/mol. The summed E-state index contributed by atoms with van der Waals surface area (Å²) in [6.07, 6.45) is 0.